The second-order valence-corrected chi connectivity index (χ2v) is 3.29. The number of benzene rings is 1. The van der Waals surface area contributed by atoms with Crippen LogP contribution in [-0.2, 0) is 4.79 Å². The number of carboxylic acids is 1. The maximum atomic E-state index is 11.9. The summed E-state index contributed by atoms with van der Waals surface area (Å²) >= 11 is 5.61. The number of nitrogens with two attached hydrogens (primary N) is 2. The summed E-state index contributed by atoms with van der Waals surface area (Å²) in [4.78, 5) is 22.7. The summed E-state index contributed by atoms with van der Waals surface area (Å²) in [7, 11) is 0. The molecule has 1 aromatic rings. The molecule has 5 nitrogen and oxygen atoms in total. The molecule has 0 aliphatic carbocycles. The Bertz CT molecular complexity index is 578. The molecule has 16 heavy (non-hydrogen) atoms. The third-order valence-electron chi connectivity index (χ3n) is 1.72. The van der Waals surface area contributed by atoms with Crippen molar-refractivity contribution in [3.05, 3.63) is 28.7 Å². The lowest BCUT2D eigenvalue weighted by atomic mass is 10.0. The smallest absolute Gasteiger partial charge is 0.320 e. The number of carbonyl (C=O) groups excluding carboxylic acids is 1. The van der Waals surface area contributed by atoms with E-state index in [0.717, 1.165) is 0 Å². The van der Waals surface area contributed by atoms with Crippen LogP contribution in [0.25, 0.3) is 0 Å². The van der Waals surface area contributed by atoms with Gasteiger partial charge < -0.3 is 16.6 Å². The van der Waals surface area contributed by atoms with Gasteiger partial charge in [-0.2, -0.15) is 0 Å². The zero-order valence-electron chi connectivity index (χ0n) is 12.0. The lowest BCUT2D eigenvalue weighted by Crippen LogP contribution is -2.32. The molecule has 1 atom stereocenters. The molecule has 6 heteroatoms. The van der Waals surface area contributed by atoms with Gasteiger partial charge in [0.2, 0.25) is 0 Å². The van der Waals surface area contributed by atoms with Crippen LogP contribution in [0.3, 0.4) is 0 Å². The minimum Gasteiger partial charge on any atom is -0.480 e. The van der Waals surface area contributed by atoms with Gasteiger partial charge in [-0.05, 0) is 18.1 Å². The number of ketones is 1. The van der Waals surface area contributed by atoms with Crippen LogP contribution in [0.15, 0.2) is 18.1 Å². The predicted octanol–water partition coefficient (Wildman–Crippen LogP) is 0.907. The van der Waals surface area contributed by atoms with Gasteiger partial charge in [-0.15, -0.1) is 0 Å². The fourth-order valence-electron chi connectivity index (χ4n) is 0.954. The highest BCUT2D eigenvalue weighted by molar-refractivity contribution is 6.31. The van der Waals surface area contributed by atoms with Gasteiger partial charge in [0.1, 0.15) is 6.02 Å². The van der Waals surface area contributed by atoms with E-state index in [1.807, 2.05) is 0 Å². The first-order valence-corrected chi connectivity index (χ1v) is 4.48. The summed E-state index contributed by atoms with van der Waals surface area (Å²) in [5, 5.41) is 8.31. The van der Waals surface area contributed by atoms with Crippen molar-refractivity contribution in [2.75, 3.05) is 5.73 Å². The lowest BCUT2D eigenvalue weighted by Gasteiger charge is -2.07. The number of halogens is 1. The highest BCUT2D eigenvalue weighted by Gasteiger charge is 2.18. The van der Waals surface area contributed by atoms with E-state index in [4.69, 9.17) is 33.7 Å². The summed E-state index contributed by atoms with van der Waals surface area (Å²) in [6.45, 7) is 0. The van der Waals surface area contributed by atoms with E-state index in [1.165, 1.54) is 0 Å². The van der Waals surface area contributed by atoms with Crippen LogP contribution in [0.4, 0.5) is 5.69 Å². The molecule has 1 unspecified atom stereocenters. The third kappa shape index (κ3) is 2.95. The SMILES string of the molecule is [2H]c1c([2H])c(C(=O)CC([2H])(N)C(=O)O)c(N)c([2H])c1Cl. The molecule has 5 N–H and O–H groups in total. The highest BCUT2D eigenvalue weighted by atomic mass is 35.5. The van der Waals surface area contributed by atoms with Crippen molar-refractivity contribution in [1.82, 2.24) is 0 Å². The Kier molecular flexibility index (Phi) is 2.37. The molecule has 1 aromatic carbocycles. The lowest BCUT2D eigenvalue weighted by molar-refractivity contribution is -0.138. The van der Waals surface area contributed by atoms with Crippen molar-refractivity contribution in [3.63, 3.8) is 0 Å². The van der Waals surface area contributed by atoms with Crippen molar-refractivity contribution in [3.8, 4) is 0 Å². The average molecular weight is 247 g/mol. The molecule has 0 bridgehead atoms. The maximum Gasteiger partial charge on any atom is 0.320 e. The first-order chi connectivity index (χ1) is 9.00. The zero-order valence-corrected chi connectivity index (χ0v) is 8.76. The van der Waals surface area contributed by atoms with Crippen molar-refractivity contribution in [1.29, 1.82) is 0 Å². The van der Waals surface area contributed by atoms with Crippen molar-refractivity contribution < 1.29 is 20.2 Å². The van der Waals surface area contributed by atoms with E-state index in [9.17, 15) is 9.59 Å². The standard InChI is InChI=1S/C10H11ClN2O3/c11-5-1-2-6(7(12)3-5)9(14)4-8(13)10(15)16/h1-3,8H,4,12-13H2,(H,15,16)/i1D,2D,3D,8D. The number of anilines is 1. The number of rotatable bonds is 4. The fraction of sp³-hybridized carbons (Fsp3) is 0.200. The molecule has 1 rings (SSSR count). The molecular formula is C10H11ClN2O3. The van der Waals surface area contributed by atoms with E-state index in [1.54, 1.807) is 0 Å². The Morgan fingerprint density at radius 2 is 2.25 bits per heavy atom. The molecule has 86 valence electrons. The first-order valence-electron chi connectivity index (χ1n) is 6.11. The van der Waals surface area contributed by atoms with E-state index < -0.39 is 53.6 Å². The number of carbonyl (C=O) groups is 2. The second kappa shape index (κ2) is 4.96. The highest BCUT2D eigenvalue weighted by Crippen LogP contribution is 2.19. The summed E-state index contributed by atoms with van der Waals surface area (Å²) in [5.41, 5.74) is 9.67. The molecule has 0 amide bonds. The van der Waals surface area contributed by atoms with Gasteiger partial charge in [-0.1, -0.05) is 11.6 Å². The summed E-state index contributed by atoms with van der Waals surface area (Å²) in [6.07, 6.45) is -0.946. The number of hydrogen-bond acceptors (Lipinski definition) is 4. The minimum absolute atomic E-state index is 0.382. The number of Topliss-reactive ketones (excluding diaryl/α,β-unsaturated/α-hetero) is 1. The normalized spacial score (nSPS) is 17.6. The van der Waals surface area contributed by atoms with Crippen molar-refractivity contribution >= 4 is 29.0 Å². The number of aliphatic carboxylic acids is 1. The van der Waals surface area contributed by atoms with Crippen LogP contribution in [-0.4, -0.2) is 22.9 Å². The zero-order chi connectivity index (χ0) is 15.8. The van der Waals surface area contributed by atoms with Gasteiger partial charge >= 0.3 is 5.97 Å². The average Bonchev–Trinajstić information content (AvgIpc) is 2.33. The van der Waals surface area contributed by atoms with Crippen LogP contribution in [0.1, 0.15) is 22.3 Å². The van der Waals surface area contributed by atoms with Gasteiger partial charge in [-0.3, -0.25) is 9.59 Å². The van der Waals surface area contributed by atoms with Crippen LogP contribution in [0.5, 0.6) is 0 Å². The predicted molar refractivity (Wildman–Crippen MR) is 60.4 cm³/mol. The molecular weight excluding hydrogens is 232 g/mol. The van der Waals surface area contributed by atoms with Gasteiger partial charge in [-0.25, -0.2) is 0 Å². The second-order valence-electron chi connectivity index (χ2n) is 2.91. The van der Waals surface area contributed by atoms with Crippen molar-refractivity contribution in [2.24, 2.45) is 5.73 Å². The van der Waals surface area contributed by atoms with Crippen molar-refractivity contribution in [2.45, 2.75) is 12.4 Å². The largest absolute Gasteiger partial charge is 0.480 e. The number of hydrogen-bond donors (Lipinski definition) is 3. The van der Waals surface area contributed by atoms with Crippen LogP contribution >= 0.6 is 11.6 Å². The topological polar surface area (TPSA) is 106 Å². The Morgan fingerprint density at radius 1 is 1.62 bits per heavy atom. The number of nitrogen functional groups attached to an aromatic ring is 1. The Balaban J connectivity index is 3.35. The molecule has 0 saturated carbocycles. The molecule has 0 heterocycles. The van der Waals surface area contributed by atoms with Gasteiger partial charge in [0, 0.05) is 22.7 Å². The molecule has 0 radical (unpaired) electrons. The molecule has 0 aliphatic rings. The quantitative estimate of drug-likeness (QED) is 0.541. The van der Waals surface area contributed by atoms with Gasteiger partial charge in [0.05, 0.1) is 5.48 Å². The van der Waals surface area contributed by atoms with Gasteiger partial charge in [0.25, 0.3) is 0 Å². The van der Waals surface area contributed by atoms with E-state index >= 15 is 0 Å². The van der Waals surface area contributed by atoms with E-state index in [2.05, 4.69) is 0 Å². The maximum absolute atomic E-state index is 11.9. The van der Waals surface area contributed by atoms with Crippen LogP contribution in [0, 0.1) is 0 Å². The van der Waals surface area contributed by atoms with Crippen LogP contribution < -0.4 is 11.5 Å². The molecule has 0 aromatic heterocycles. The minimum atomic E-state index is -2.58. The van der Waals surface area contributed by atoms with E-state index in [-0.39, 0.29) is 5.02 Å². The Labute approximate surface area is 103 Å². The molecule has 0 saturated heterocycles. The molecule has 0 spiro atoms. The van der Waals surface area contributed by atoms with Crippen LogP contribution in [0.2, 0.25) is 5.02 Å². The van der Waals surface area contributed by atoms with Gasteiger partial charge in [0.15, 0.2) is 5.78 Å². The Hall–Kier alpha value is -1.59. The summed E-state index contributed by atoms with van der Waals surface area (Å²) in [5.74, 6) is -2.73. The fourth-order valence-corrected chi connectivity index (χ4v) is 1.10. The molecule has 0 aliphatic heterocycles. The summed E-state index contributed by atoms with van der Waals surface area (Å²) in [6, 6.07) is -4.29. The third-order valence-corrected chi connectivity index (χ3v) is 1.90. The first kappa shape index (κ1) is 7.65. The molecule has 0 fully saturated rings. The number of carboxylic acid groups (broad SMARTS) is 1. The monoisotopic (exact) mass is 246 g/mol. The van der Waals surface area contributed by atoms with E-state index in [0.29, 0.717) is 0 Å². The summed E-state index contributed by atoms with van der Waals surface area (Å²) < 4.78 is 29.9. The Morgan fingerprint density at radius 3 is 2.81 bits per heavy atom.